The van der Waals surface area contributed by atoms with E-state index in [9.17, 15) is 15.8 Å². The molecule has 0 radical (unpaired) electrons. The molecule has 10 aromatic rings. The van der Waals surface area contributed by atoms with E-state index in [1.54, 1.807) is 0 Å². The van der Waals surface area contributed by atoms with E-state index < -0.39 is 0 Å². The molecular formula is C51H29N5. The minimum Gasteiger partial charge on any atom is -0.309 e. The summed E-state index contributed by atoms with van der Waals surface area (Å²) in [6.45, 7) is 0. The molecule has 0 N–H and O–H groups in total. The third-order valence-electron chi connectivity index (χ3n) is 10.8. The van der Waals surface area contributed by atoms with Crippen molar-refractivity contribution in [3.63, 3.8) is 0 Å². The van der Waals surface area contributed by atoms with Crippen LogP contribution < -0.4 is 0 Å². The summed E-state index contributed by atoms with van der Waals surface area (Å²) in [5.74, 6) is 0. The molecule has 0 aliphatic rings. The quantitative estimate of drug-likeness (QED) is 0.178. The lowest BCUT2D eigenvalue weighted by Gasteiger charge is -2.16. The Morgan fingerprint density at radius 2 is 0.839 bits per heavy atom. The maximum Gasteiger partial charge on any atom is 0.0991 e. The van der Waals surface area contributed by atoms with E-state index in [1.807, 2.05) is 72.8 Å². The summed E-state index contributed by atoms with van der Waals surface area (Å²) in [6.07, 6.45) is 0. The van der Waals surface area contributed by atoms with Gasteiger partial charge in [0, 0.05) is 32.9 Å². The second kappa shape index (κ2) is 13.0. The predicted octanol–water partition coefficient (Wildman–Crippen LogP) is 12.5. The van der Waals surface area contributed by atoms with Crippen LogP contribution in [0.5, 0.6) is 0 Å². The van der Waals surface area contributed by atoms with E-state index in [-0.39, 0.29) is 0 Å². The van der Waals surface area contributed by atoms with Crippen LogP contribution in [0.3, 0.4) is 0 Å². The molecule has 0 saturated carbocycles. The van der Waals surface area contributed by atoms with Gasteiger partial charge in [0.1, 0.15) is 0 Å². The molecule has 0 fully saturated rings. The summed E-state index contributed by atoms with van der Waals surface area (Å²) in [5, 5.41) is 33.6. The molecule has 258 valence electrons. The number of rotatable bonds is 5. The molecule has 0 unspecified atom stereocenters. The SMILES string of the molecule is N#Cc1cccc(-c2ccccc2-c2cc(-c3ccc4c(c3)c3ccccc3n4-c3ccccc3)cc(-n3c4ccc(C#N)cc4c4cc(C#N)ccc43)c2)c1. The molecule has 0 saturated heterocycles. The molecule has 10 rings (SSSR count). The topological polar surface area (TPSA) is 81.2 Å². The van der Waals surface area contributed by atoms with Crippen LogP contribution >= 0.6 is 0 Å². The van der Waals surface area contributed by atoms with Crippen LogP contribution in [-0.2, 0) is 0 Å². The highest BCUT2D eigenvalue weighted by atomic mass is 15.0. The molecule has 0 amide bonds. The van der Waals surface area contributed by atoms with Gasteiger partial charge in [-0.05, 0) is 130 Å². The van der Waals surface area contributed by atoms with Crippen molar-refractivity contribution in [1.82, 2.24) is 9.13 Å². The first-order valence-corrected chi connectivity index (χ1v) is 18.3. The van der Waals surface area contributed by atoms with Gasteiger partial charge < -0.3 is 9.13 Å². The lowest BCUT2D eigenvalue weighted by Crippen LogP contribution is -1.97. The highest BCUT2D eigenvalue weighted by Crippen LogP contribution is 2.41. The standard InChI is InChI=1S/C51H29N5/c52-30-33-9-8-10-37(23-33)42-13-4-5-14-43(42)39-26-38(36-19-22-51-47(29-36)44-15-6-7-16-48(44)55(51)40-11-2-1-3-12-40)27-41(28-39)56-49-20-17-34(31-53)24-45(49)46-25-35(32-54)18-21-50(46)56/h1-29H. The Kier molecular flexibility index (Phi) is 7.57. The van der Waals surface area contributed by atoms with Crippen LogP contribution in [0.4, 0.5) is 0 Å². The molecule has 0 aliphatic heterocycles. The molecule has 56 heavy (non-hydrogen) atoms. The van der Waals surface area contributed by atoms with Gasteiger partial charge in [-0.1, -0.05) is 78.9 Å². The third kappa shape index (κ3) is 5.22. The number of hydrogen-bond acceptors (Lipinski definition) is 3. The fourth-order valence-electron chi connectivity index (χ4n) is 8.25. The Labute approximate surface area is 323 Å². The van der Waals surface area contributed by atoms with Gasteiger partial charge >= 0.3 is 0 Å². The van der Waals surface area contributed by atoms with Crippen LogP contribution in [0.25, 0.3) is 88.4 Å². The molecule has 0 aliphatic carbocycles. The minimum atomic E-state index is 0.560. The van der Waals surface area contributed by atoms with Crippen molar-refractivity contribution >= 4 is 43.6 Å². The molecule has 8 aromatic carbocycles. The maximum atomic E-state index is 9.85. The Balaban J connectivity index is 1.27. The smallest absolute Gasteiger partial charge is 0.0991 e. The second-order valence-electron chi connectivity index (χ2n) is 13.9. The van der Waals surface area contributed by atoms with E-state index in [1.165, 1.54) is 5.39 Å². The Hall–Kier alpha value is -8.17. The highest BCUT2D eigenvalue weighted by Gasteiger charge is 2.19. The van der Waals surface area contributed by atoms with Crippen molar-refractivity contribution < 1.29 is 0 Å². The van der Waals surface area contributed by atoms with E-state index in [0.29, 0.717) is 16.7 Å². The Morgan fingerprint density at radius 3 is 1.54 bits per heavy atom. The lowest BCUT2D eigenvalue weighted by molar-refractivity contribution is 1.18. The van der Waals surface area contributed by atoms with Gasteiger partial charge in [-0.15, -0.1) is 0 Å². The van der Waals surface area contributed by atoms with Crippen molar-refractivity contribution in [2.24, 2.45) is 0 Å². The molecule has 5 nitrogen and oxygen atoms in total. The number of nitriles is 3. The minimum absolute atomic E-state index is 0.560. The van der Waals surface area contributed by atoms with Gasteiger partial charge in [0.25, 0.3) is 0 Å². The first-order valence-electron chi connectivity index (χ1n) is 18.3. The number of aromatic nitrogens is 2. The van der Waals surface area contributed by atoms with Crippen molar-refractivity contribution in [3.05, 3.63) is 193 Å². The summed E-state index contributed by atoms with van der Waals surface area (Å²) in [6, 6.07) is 66.9. The van der Waals surface area contributed by atoms with Gasteiger partial charge in [0.15, 0.2) is 0 Å². The normalized spacial score (nSPS) is 11.2. The van der Waals surface area contributed by atoms with Gasteiger partial charge in [-0.25, -0.2) is 0 Å². The fraction of sp³-hybridized carbons (Fsp3) is 0. The van der Waals surface area contributed by atoms with Gasteiger partial charge in [-0.2, -0.15) is 15.8 Å². The molecule has 0 atom stereocenters. The molecule has 0 bridgehead atoms. The molecule has 5 heteroatoms. The van der Waals surface area contributed by atoms with Crippen LogP contribution in [-0.4, -0.2) is 9.13 Å². The second-order valence-corrected chi connectivity index (χ2v) is 13.9. The van der Waals surface area contributed by atoms with E-state index >= 15 is 0 Å². The van der Waals surface area contributed by atoms with Crippen LogP contribution in [0.1, 0.15) is 16.7 Å². The zero-order valence-corrected chi connectivity index (χ0v) is 30.0. The zero-order chi connectivity index (χ0) is 37.8. The summed E-state index contributed by atoms with van der Waals surface area (Å²) < 4.78 is 4.56. The highest BCUT2D eigenvalue weighted by molar-refractivity contribution is 6.12. The van der Waals surface area contributed by atoms with Crippen LogP contribution in [0.15, 0.2) is 176 Å². The number of benzene rings is 8. The first-order chi connectivity index (χ1) is 27.6. The van der Waals surface area contributed by atoms with Gasteiger partial charge in [0.05, 0.1) is 57.0 Å². The molecule has 2 heterocycles. The first kappa shape index (κ1) is 32.5. The number of fused-ring (bicyclic) bond motifs is 6. The largest absolute Gasteiger partial charge is 0.309 e. The summed E-state index contributed by atoms with van der Waals surface area (Å²) in [5.41, 5.74) is 14.1. The fourth-order valence-corrected chi connectivity index (χ4v) is 8.25. The van der Waals surface area contributed by atoms with Crippen molar-refractivity contribution in [1.29, 1.82) is 15.8 Å². The third-order valence-corrected chi connectivity index (χ3v) is 10.8. The predicted molar refractivity (Wildman–Crippen MR) is 226 cm³/mol. The van der Waals surface area contributed by atoms with Gasteiger partial charge in [0.2, 0.25) is 0 Å². The average molecular weight is 712 g/mol. The average Bonchev–Trinajstić information content (AvgIpc) is 3.78. The number of nitrogens with zero attached hydrogens (tertiary/aromatic N) is 5. The van der Waals surface area contributed by atoms with E-state index in [2.05, 4.69) is 130 Å². The number of para-hydroxylation sites is 2. The Bertz CT molecular complexity index is 3270. The van der Waals surface area contributed by atoms with E-state index in [0.717, 1.165) is 83.0 Å². The monoisotopic (exact) mass is 711 g/mol. The van der Waals surface area contributed by atoms with Gasteiger partial charge in [-0.3, -0.25) is 0 Å². The van der Waals surface area contributed by atoms with Crippen molar-refractivity contribution in [3.8, 4) is 63.0 Å². The van der Waals surface area contributed by atoms with Crippen molar-refractivity contribution in [2.45, 2.75) is 0 Å². The summed E-state index contributed by atoms with van der Waals surface area (Å²) >= 11 is 0. The molecule has 0 spiro atoms. The lowest BCUT2D eigenvalue weighted by atomic mass is 9.91. The molecular weight excluding hydrogens is 683 g/mol. The van der Waals surface area contributed by atoms with E-state index in [4.69, 9.17) is 0 Å². The maximum absolute atomic E-state index is 9.85. The number of hydrogen-bond donors (Lipinski definition) is 0. The van der Waals surface area contributed by atoms with Crippen molar-refractivity contribution in [2.75, 3.05) is 0 Å². The van der Waals surface area contributed by atoms with Crippen LogP contribution in [0.2, 0.25) is 0 Å². The summed E-state index contributed by atoms with van der Waals surface area (Å²) in [4.78, 5) is 0. The summed E-state index contributed by atoms with van der Waals surface area (Å²) in [7, 11) is 0. The van der Waals surface area contributed by atoms with Crippen LogP contribution in [0, 0.1) is 34.0 Å². The molecule has 2 aromatic heterocycles. The Morgan fingerprint density at radius 1 is 0.304 bits per heavy atom. The zero-order valence-electron chi connectivity index (χ0n) is 30.0.